The molecule has 0 aliphatic rings. The van der Waals surface area contributed by atoms with Crippen LogP contribution in [-0.2, 0) is 0 Å². The van der Waals surface area contributed by atoms with E-state index >= 15 is 0 Å². The first-order valence-corrected chi connectivity index (χ1v) is 11.2. The standard InChI is InChI=1S/C30H22N2O3/c1-35-25-17-15-24(16-18-25)32-29(31-27-10-6-5-9-26(27)30(32)34)20-19-28(33)23-13-11-22(12-14-23)21-7-3-2-4-8-21/h2-20H,1H3/b20-19+. The van der Waals surface area contributed by atoms with E-state index in [9.17, 15) is 9.59 Å². The third-order valence-corrected chi connectivity index (χ3v) is 5.79. The predicted molar refractivity (Wildman–Crippen MR) is 139 cm³/mol. The van der Waals surface area contributed by atoms with Gasteiger partial charge in [0.2, 0.25) is 0 Å². The lowest BCUT2D eigenvalue weighted by molar-refractivity contribution is 0.104. The number of ether oxygens (including phenoxy) is 1. The second-order valence-electron chi connectivity index (χ2n) is 7.97. The van der Waals surface area contributed by atoms with Gasteiger partial charge >= 0.3 is 0 Å². The number of carbonyl (C=O) groups is 1. The molecule has 0 fully saturated rings. The number of carbonyl (C=O) groups excluding carboxylic acids is 1. The molecule has 0 radical (unpaired) electrons. The first-order valence-electron chi connectivity index (χ1n) is 11.2. The lowest BCUT2D eigenvalue weighted by Crippen LogP contribution is -2.22. The van der Waals surface area contributed by atoms with Crippen molar-refractivity contribution < 1.29 is 9.53 Å². The van der Waals surface area contributed by atoms with Crippen LogP contribution in [0.25, 0.3) is 33.8 Å². The fourth-order valence-electron chi connectivity index (χ4n) is 3.95. The van der Waals surface area contributed by atoms with Crippen LogP contribution in [0.4, 0.5) is 0 Å². The van der Waals surface area contributed by atoms with Gasteiger partial charge in [0, 0.05) is 5.56 Å². The van der Waals surface area contributed by atoms with Crippen LogP contribution >= 0.6 is 0 Å². The molecule has 4 aromatic carbocycles. The summed E-state index contributed by atoms with van der Waals surface area (Å²) in [5.74, 6) is 0.878. The summed E-state index contributed by atoms with van der Waals surface area (Å²) in [6.45, 7) is 0. The number of aromatic nitrogens is 2. The number of rotatable bonds is 6. The Labute approximate surface area is 202 Å². The van der Waals surface area contributed by atoms with Crippen LogP contribution in [0.15, 0.2) is 114 Å². The molecular weight excluding hydrogens is 436 g/mol. The highest BCUT2D eigenvalue weighted by atomic mass is 16.5. The van der Waals surface area contributed by atoms with Gasteiger partial charge in [-0.15, -0.1) is 0 Å². The van der Waals surface area contributed by atoms with Gasteiger partial charge in [-0.2, -0.15) is 0 Å². The summed E-state index contributed by atoms with van der Waals surface area (Å²) in [4.78, 5) is 31.0. The van der Waals surface area contributed by atoms with E-state index in [1.165, 1.54) is 10.6 Å². The van der Waals surface area contributed by atoms with Gasteiger partial charge in [0.25, 0.3) is 5.56 Å². The zero-order valence-electron chi connectivity index (χ0n) is 19.1. The second-order valence-corrected chi connectivity index (χ2v) is 7.97. The van der Waals surface area contributed by atoms with Crippen LogP contribution < -0.4 is 10.3 Å². The molecule has 5 nitrogen and oxygen atoms in total. The van der Waals surface area contributed by atoms with Crippen LogP contribution in [-0.4, -0.2) is 22.4 Å². The van der Waals surface area contributed by atoms with Crippen molar-refractivity contribution in [2.75, 3.05) is 7.11 Å². The summed E-state index contributed by atoms with van der Waals surface area (Å²) in [7, 11) is 1.59. The van der Waals surface area contributed by atoms with Gasteiger partial charge in [0.1, 0.15) is 11.6 Å². The number of hydrogen-bond acceptors (Lipinski definition) is 4. The Morgan fingerprint density at radius 2 is 1.46 bits per heavy atom. The number of methoxy groups -OCH3 is 1. The van der Waals surface area contributed by atoms with Gasteiger partial charge in [0.05, 0.1) is 23.7 Å². The molecule has 0 bridgehead atoms. The highest BCUT2D eigenvalue weighted by molar-refractivity contribution is 6.07. The van der Waals surface area contributed by atoms with Crippen LogP contribution in [0.3, 0.4) is 0 Å². The van der Waals surface area contributed by atoms with Crippen LogP contribution in [0, 0.1) is 0 Å². The molecule has 1 aromatic heterocycles. The monoisotopic (exact) mass is 458 g/mol. The van der Waals surface area contributed by atoms with Crippen molar-refractivity contribution in [3.8, 4) is 22.6 Å². The molecular formula is C30H22N2O3. The summed E-state index contributed by atoms with van der Waals surface area (Å²) in [5, 5.41) is 0.503. The van der Waals surface area contributed by atoms with Gasteiger partial charge in [0.15, 0.2) is 5.78 Å². The van der Waals surface area contributed by atoms with Crippen molar-refractivity contribution in [2.45, 2.75) is 0 Å². The van der Waals surface area contributed by atoms with E-state index in [2.05, 4.69) is 4.98 Å². The Bertz CT molecular complexity index is 1580. The summed E-state index contributed by atoms with van der Waals surface area (Å²) in [6, 6.07) is 31.8. The van der Waals surface area contributed by atoms with Crippen molar-refractivity contribution in [3.63, 3.8) is 0 Å². The Morgan fingerprint density at radius 1 is 0.800 bits per heavy atom. The number of ketones is 1. The van der Waals surface area contributed by atoms with Crippen molar-refractivity contribution in [2.24, 2.45) is 0 Å². The molecule has 5 aromatic rings. The third kappa shape index (κ3) is 4.52. The molecule has 0 unspecified atom stereocenters. The zero-order chi connectivity index (χ0) is 24.2. The van der Waals surface area contributed by atoms with Crippen LogP contribution in [0.5, 0.6) is 5.75 Å². The summed E-state index contributed by atoms with van der Waals surface area (Å²) in [6.07, 6.45) is 3.04. The Kier molecular flexibility index (Phi) is 6.05. The molecule has 0 saturated heterocycles. The first-order chi connectivity index (χ1) is 17.1. The number of allylic oxidation sites excluding steroid dienone is 1. The molecule has 0 aliphatic carbocycles. The number of para-hydroxylation sites is 1. The van der Waals surface area contributed by atoms with E-state index in [4.69, 9.17) is 4.74 Å². The third-order valence-electron chi connectivity index (χ3n) is 5.79. The molecule has 170 valence electrons. The van der Waals surface area contributed by atoms with Gasteiger partial charge in [-0.1, -0.05) is 66.7 Å². The van der Waals surface area contributed by atoms with Gasteiger partial charge in [-0.3, -0.25) is 14.2 Å². The van der Waals surface area contributed by atoms with E-state index < -0.39 is 0 Å². The van der Waals surface area contributed by atoms with Gasteiger partial charge in [-0.25, -0.2) is 4.98 Å². The largest absolute Gasteiger partial charge is 0.497 e. The average molecular weight is 459 g/mol. The minimum atomic E-state index is -0.208. The quantitative estimate of drug-likeness (QED) is 0.233. The van der Waals surface area contributed by atoms with Gasteiger partial charge < -0.3 is 4.74 Å². The molecule has 5 heteroatoms. The lowest BCUT2D eigenvalue weighted by Gasteiger charge is -2.12. The number of benzene rings is 4. The Hall–Kier alpha value is -4.77. The Morgan fingerprint density at radius 3 is 2.17 bits per heavy atom. The molecule has 0 atom stereocenters. The molecule has 5 rings (SSSR count). The first kappa shape index (κ1) is 22.0. The van der Waals surface area contributed by atoms with E-state index in [1.807, 2.05) is 54.6 Å². The molecule has 35 heavy (non-hydrogen) atoms. The summed E-state index contributed by atoms with van der Waals surface area (Å²) >= 11 is 0. The maximum Gasteiger partial charge on any atom is 0.266 e. The van der Waals surface area contributed by atoms with Crippen LogP contribution in [0.2, 0.25) is 0 Å². The zero-order valence-corrected chi connectivity index (χ0v) is 19.1. The maximum absolute atomic E-state index is 13.4. The fourth-order valence-corrected chi connectivity index (χ4v) is 3.95. The van der Waals surface area contributed by atoms with Crippen molar-refractivity contribution in [1.29, 1.82) is 0 Å². The molecule has 1 heterocycles. The second kappa shape index (κ2) is 9.61. The number of hydrogen-bond donors (Lipinski definition) is 0. The summed E-state index contributed by atoms with van der Waals surface area (Å²) < 4.78 is 6.74. The SMILES string of the molecule is COc1ccc(-n2c(/C=C/C(=O)c3ccc(-c4ccccc4)cc3)nc3ccccc3c2=O)cc1. The minimum Gasteiger partial charge on any atom is -0.497 e. The average Bonchev–Trinajstić information content (AvgIpc) is 2.92. The molecule has 0 amide bonds. The van der Waals surface area contributed by atoms with Crippen molar-refractivity contribution >= 4 is 22.8 Å². The highest BCUT2D eigenvalue weighted by Gasteiger charge is 2.12. The maximum atomic E-state index is 13.4. The molecule has 0 N–H and O–H groups in total. The van der Waals surface area contributed by atoms with Crippen molar-refractivity contribution in [3.05, 3.63) is 131 Å². The highest BCUT2D eigenvalue weighted by Crippen LogP contribution is 2.20. The van der Waals surface area contributed by atoms with Gasteiger partial charge in [-0.05, 0) is 59.7 Å². The van der Waals surface area contributed by atoms with E-state index in [-0.39, 0.29) is 11.3 Å². The van der Waals surface area contributed by atoms with E-state index in [0.29, 0.717) is 33.7 Å². The predicted octanol–water partition coefficient (Wildman–Crippen LogP) is 5.96. The number of fused-ring (bicyclic) bond motifs is 1. The topological polar surface area (TPSA) is 61.2 Å². The Balaban J connectivity index is 1.52. The summed E-state index contributed by atoms with van der Waals surface area (Å²) in [5.41, 5.74) is 3.68. The lowest BCUT2D eigenvalue weighted by atomic mass is 10.0. The molecule has 0 spiro atoms. The molecule has 0 aliphatic heterocycles. The fraction of sp³-hybridized carbons (Fsp3) is 0.0333. The normalized spacial score (nSPS) is 11.1. The van der Waals surface area contributed by atoms with E-state index in [1.54, 1.807) is 61.7 Å². The van der Waals surface area contributed by atoms with E-state index in [0.717, 1.165) is 11.1 Å². The smallest absolute Gasteiger partial charge is 0.266 e. The number of nitrogens with zero attached hydrogens (tertiary/aromatic N) is 2. The molecule has 0 saturated carbocycles. The van der Waals surface area contributed by atoms with Crippen LogP contribution in [0.1, 0.15) is 16.2 Å². The minimum absolute atomic E-state index is 0.173. The van der Waals surface area contributed by atoms with Crippen molar-refractivity contribution in [1.82, 2.24) is 9.55 Å².